The van der Waals surface area contributed by atoms with Gasteiger partial charge in [0.1, 0.15) is 5.82 Å². The third-order valence-electron chi connectivity index (χ3n) is 2.34. The molecule has 17 heavy (non-hydrogen) atoms. The SMILES string of the molecule is CCOC(=O)c1ccc(N[C@H](CC)CO)nc1. The van der Waals surface area contributed by atoms with Crippen LogP contribution in [0, 0.1) is 0 Å². The van der Waals surface area contributed by atoms with E-state index in [2.05, 4.69) is 10.3 Å². The van der Waals surface area contributed by atoms with Gasteiger partial charge < -0.3 is 15.2 Å². The van der Waals surface area contributed by atoms with Crippen molar-refractivity contribution >= 4 is 11.8 Å². The Morgan fingerprint density at radius 3 is 2.76 bits per heavy atom. The zero-order valence-corrected chi connectivity index (χ0v) is 10.1. The fourth-order valence-electron chi connectivity index (χ4n) is 1.30. The van der Waals surface area contributed by atoms with Gasteiger partial charge in [-0.1, -0.05) is 6.92 Å². The highest BCUT2D eigenvalue weighted by Crippen LogP contribution is 2.08. The average Bonchev–Trinajstić information content (AvgIpc) is 2.37. The molecular weight excluding hydrogens is 220 g/mol. The molecule has 1 rings (SSSR count). The summed E-state index contributed by atoms with van der Waals surface area (Å²) in [6, 6.07) is 3.33. The second kappa shape index (κ2) is 6.85. The molecule has 0 saturated carbocycles. The molecule has 1 aromatic heterocycles. The summed E-state index contributed by atoms with van der Waals surface area (Å²) in [4.78, 5) is 15.5. The predicted molar refractivity (Wildman–Crippen MR) is 65.0 cm³/mol. The van der Waals surface area contributed by atoms with Gasteiger partial charge in [-0.25, -0.2) is 9.78 Å². The first-order chi connectivity index (χ1) is 8.21. The normalized spacial score (nSPS) is 11.9. The number of rotatable bonds is 6. The lowest BCUT2D eigenvalue weighted by atomic mass is 10.2. The number of nitrogens with zero attached hydrogens (tertiary/aromatic N) is 1. The molecule has 0 amide bonds. The van der Waals surface area contributed by atoms with Gasteiger partial charge in [-0.2, -0.15) is 0 Å². The molecule has 0 saturated heterocycles. The minimum atomic E-state index is -0.374. The molecule has 0 aliphatic carbocycles. The number of carbonyl (C=O) groups is 1. The summed E-state index contributed by atoms with van der Waals surface area (Å²) in [7, 11) is 0. The summed E-state index contributed by atoms with van der Waals surface area (Å²) < 4.78 is 4.85. The summed E-state index contributed by atoms with van der Waals surface area (Å²) in [6.45, 7) is 4.13. The van der Waals surface area contributed by atoms with Crippen LogP contribution in [0.25, 0.3) is 0 Å². The number of hydrogen-bond acceptors (Lipinski definition) is 5. The molecular formula is C12H18N2O3. The molecule has 0 fully saturated rings. The quantitative estimate of drug-likeness (QED) is 0.734. The highest BCUT2D eigenvalue weighted by Gasteiger charge is 2.08. The number of aliphatic hydroxyl groups is 1. The minimum absolute atomic E-state index is 0.0176. The number of anilines is 1. The fourth-order valence-corrected chi connectivity index (χ4v) is 1.30. The smallest absolute Gasteiger partial charge is 0.339 e. The molecule has 1 atom stereocenters. The number of hydrogen-bond donors (Lipinski definition) is 2. The fraction of sp³-hybridized carbons (Fsp3) is 0.500. The van der Waals surface area contributed by atoms with Crippen LogP contribution in [0.5, 0.6) is 0 Å². The number of pyridine rings is 1. The Labute approximate surface area is 101 Å². The monoisotopic (exact) mass is 238 g/mol. The van der Waals surface area contributed by atoms with Crippen LogP contribution in [0.15, 0.2) is 18.3 Å². The zero-order valence-electron chi connectivity index (χ0n) is 10.1. The van der Waals surface area contributed by atoms with Crippen LogP contribution in [0.1, 0.15) is 30.6 Å². The molecule has 0 unspecified atom stereocenters. The lowest BCUT2D eigenvalue weighted by molar-refractivity contribution is 0.0526. The summed E-state index contributed by atoms with van der Waals surface area (Å²) in [5.74, 6) is 0.264. The highest BCUT2D eigenvalue weighted by molar-refractivity contribution is 5.89. The molecule has 1 aromatic rings. The standard InChI is InChI=1S/C12H18N2O3/c1-3-10(8-15)14-11-6-5-9(7-13-11)12(16)17-4-2/h5-7,10,15H,3-4,8H2,1-2H3,(H,13,14)/t10-/m1/s1. The first kappa shape index (κ1) is 13.4. The molecule has 0 radical (unpaired) electrons. The van der Waals surface area contributed by atoms with Gasteiger partial charge in [0.25, 0.3) is 0 Å². The van der Waals surface area contributed by atoms with Gasteiger partial charge in [0, 0.05) is 6.20 Å². The zero-order chi connectivity index (χ0) is 12.7. The molecule has 1 heterocycles. The Morgan fingerprint density at radius 1 is 1.53 bits per heavy atom. The first-order valence-corrected chi connectivity index (χ1v) is 5.71. The number of ether oxygens (including phenoxy) is 1. The molecule has 2 N–H and O–H groups in total. The Hall–Kier alpha value is -1.62. The Balaban J connectivity index is 2.64. The van der Waals surface area contributed by atoms with Crippen molar-refractivity contribution in [2.24, 2.45) is 0 Å². The molecule has 94 valence electrons. The first-order valence-electron chi connectivity index (χ1n) is 5.71. The van der Waals surface area contributed by atoms with Crippen LogP contribution in [-0.4, -0.2) is 35.3 Å². The van der Waals surface area contributed by atoms with Crippen molar-refractivity contribution in [1.29, 1.82) is 0 Å². The number of nitrogens with one attached hydrogen (secondary N) is 1. The molecule has 0 aliphatic heterocycles. The van der Waals surface area contributed by atoms with E-state index in [1.807, 2.05) is 6.92 Å². The van der Waals surface area contributed by atoms with Crippen molar-refractivity contribution < 1.29 is 14.6 Å². The molecule has 0 aliphatic rings. The van der Waals surface area contributed by atoms with E-state index in [-0.39, 0.29) is 18.6 Å². The maximum absolute atomic E-state index is 11.4. The molecule has 0 spiro atoms. The number of esters is 1. The van der Waals surface area contributed by atoms with Gasteiger partial charge >= 0.3 is 5.97 Å². The van der Waals surface area contributed by atoms with Crippen molar-refractivity contribution in [1.82, 2.24) is 4.98 Å². The van der Waals surface area contributed by atoms with Crippen LogP contribution in [0.2, 0.25) is 0 Å². The lowest BCUT2D eigenvalue weighted by Crippen LogP contribution is -2.23. The Bertz CT molecular complexity index is 347. The van der Waals surface area contributed by atoms with E-state index in [1.54, 1.807) is 19.1 Å². The topological polar surface area (TPSA) is 71.5 Å². The number of aliphatic hydroxyl groups excluding tert-OH is 1. The van der Waals surface area contributed by atoms with E-state index in [0.29, 0.717) is 18.0 Å². The van der Waals surface area contributed by atoms with Crippen molar-refractivity contribution in [3.05, 3.63) is 23.9 Å². The van der Waals surface area contributed by atoms with Crippen LogP contribution in [0.3, 0.4) is 0 Å². The van der Waals surface area contributed by atoms with E-state index < -0.39 is 0 Å². The third kappa shape index (κ3) is 4.03. The minimum Gasteiger partial charge on any atom is -0.462 e. The maximum atomic E-state index is 11.4. The molecule has 5 nitrogen and oxygen atoms in total. The summed E-state index contributed by atoms with van der Waals surface area (Å²) in [6.07, 6.45) is 2.27. The van der Waals surface area contributed by atoms with Gasteiger partial charge in [0.2, 0.25) is 0 Å². The molecule has 0 aromatic carbocycles. The van der Waals surface area contributed by atoms with Crippen molar-refractivity contribution in [3.63, 3.8) is 0 Å². The highest BCUT2D eigenvalue weighted by atomic mass is 16.5. The van der Waals surface area contributed by atoms with E-state index in [1.165, 1.54) is 6.20 Å². The van der Waals surface area contributed by atoms with E-state index in [9.17, 15) is 4.79 Å². The Morgan fingerprint density at radius 2 is 2.29 bits per heavy atom. The van der Waals surface area contributed by atoms with Crippen molar-refractivity contribution in [2.75, 3.05) is 18.5 Å². The third-order valence-corrected chi connectivity index (χ3v) is 2.34. The van der Waals surface area contributed by atoms with E-state index in [4.69, 9.17) is 9.84 Å². The van der Waals surface area contributed by atoms with Gasteiger partial charge in [-0.3, -0.25) is 0 Å². The maximum Gasteiger partial charge on any atom is 0.339 e. The van der Waals surface area contributed by atoms with Gasteiger partial charge in [0.15, 0.2) is 0 Å². The van der Waals surface area contributed by atoms with E-state index >= 15 is 0 Å². The van der Waals surface area contributed by atoms with Crippen LogP contribution >= 0.6 is 0 Å². The lowest BCUT2D eigenvalue weighted by Gasteiger charge is -2.14. The van der Waals surface area contributed by atoms with Crippen molar-refractivity contribution in [2.45, 2.75) is 26.3 Å². The van der Waals surface area contributed by atoms with Crippen LogP contribution in [-0.2, 0) is 4.74 Å². The number of aromatic nitrogens is 1. The largest absolute Gasteiger partial charge is 0.462 e. The van der Waals surface area contributed by atoms with E-state index in [0.717, 1.165) is 6.42 Å². The second-order valence-electron chi connectivity index (χ2n) is 3.58. The van der Waals surface area contributed by atoms with Gasteiger partial charge in [0.05, 0.1) is 24.8 Å². The predicted octanol–water partition coefficient (Wildman–Crippen LogP) is 1.44. The van der Waals surface area contributed by atoms with Gasteiger partial charge in [-0.15, -0.1) is 0 Å². The summed E-state index contributed by atoms with van der Waals surface area (Å²) in [5.41, 5.74) is 0.425. The second-order valence-corrected chi connectivity index (χ2v) is 3.58. The summed E-state index contributed by atoms with van der Waals surface area (Å²) >= 11 is 0. The average molecular weight is 238 g/mol. The Kier molecular flexibility index (Phi) is 5.42. The molecule has 5 heteroatoms. The van der Waals surface area contributed by atoms with Crippen LogP contribution in [0.4, 0.5) is 5.82 Å². The van der Waals surface area contributed by atoms with Crippen LogP contribution < -0.4 is 5.32 Å². The number of carbonyl (C=O) groups excluding carboxylic acids is 1. The molecule has 0 bridgehead atoms. The summed E-state index contributed by atoms with van der Waals surface area (Å²) in [5, 5.41) is 12.1. The van der Waals surface area contributed by atoms with Crippen molar-refractivity contribution in [3.8, 4) is 0 Å². The van der Waals surface area contributed by atoms with Gasteiger partial charge in [-0.05, 0) is 25.5 Å².